The minimum absolute atomic E-state index is 0.672. The first-order valence-electron chi connectivity index (χ1n) is 52.5. The third-order valence-electron chi connectivity index (χ3n) is 26.9. The van der Waals surface area contributed by atoms with Crippen molar-refractivity contribution in [3.05, 3.63) is 183 Å². The van der Waals surface area contributed by atoms with Gasteiger partial charge in [0.15, 0.2) is 0 Å². The van der Waals surface area contributed by atoms with Crippen LogP contribution in [0.4, 0.5) is 0 Å². The molecule has 0 N–H and O–H groups in total. The third kappa shape index (κ3) is 29.8. The molecule has 0 fully saturated rings. The zero-order chi connectivity index (χ0) is 101. The number of ether oxygens (including phenoxy) is 3. The normalized spacial score (nSPS) is 12.1. The number of hydrogen-bond acceptors (Lipinski definition) is 20. The predicted molar refractivity (Wildman–Crippen MR) is 663 cm³/mol. The van der Waals surface area contributed by atoms with E-state index < -0.39 is 73.5 Å². The van der Waals surface area contributed by atoms with Crippen LogP contribution in [-0.4, -0.2) is 120 Å². The Hall–Kier alpha value is -3.81. The summed E-state index contributed by atoms with van der Waals surface area (Å²) in [6.07, 6.45) is 39.1. The van der Waals surface area contributed by atoms with Crippen molar-refractivity contribution in [2.75, 3.05) is 19.8 Å². The summed E-state index contributed by atoms with van der Waals surface area (Å²) in [4.78, 5) is 40.3. The molecule has 18 aromatic rings. The van der Waals surface area contributed by atoms with E-state index in [1.807, 2.05) is 68.0 Å². The van der Waals surface area contributed by atoms with Crippen LogP contribution in [-0.2, 0) is 0 Å². The molecule has 0 unspecified atom stereocenters. The summed E-state index contributed by atoms with van der Waals surface area (Å²) in [5, 5.41) is 5.39. The fourth-order valence-corrected chi connectivity index (χ4v) is 51.5. The molecule has 143 heavy (non-hydrogen) atoms. The molecule has 0 aliphatic heterocycles. The van der Waals surface area contributed by atoms with Crippen LogP contribution < -0.4 is 25.8 Å². The predicted octanol–water partition coefficient (Wildman–Crippen LogP) is 41.1. The van der Waals surface area contributed by atoms with Crippen LogP contribution in [0.3, 0.4) is 0 Å². The van der Waals surface area contributed by atoms with Gasteiger partial charge in [0.05, 0.1) is 75.1 Å². The molecule has 0 saturated heterocycles. The molecule has 9 nitrogen and oxygen atoms in total. The van der Waals surface area contributed by atoms with Crippen molar-refractivity contribution in [3.63, 3.8) is 0 Å². The Morgan fingerprint density at radius 3 is 0.930 bits per heavy atom. The van der Waals surface area contributed by atoms with E-state index in [2.05, 4.69) is 322 Å². The van der Waals surface area contributed by atoms with Gasteiger partial charge in [-0.25, -0.2) is 0 Å². The number of benzene rings is 7. The molecule has 0 amide bonds. The van der Waals surface area contributed by atoms with Gasteiger partial charge in [-0.15, -0.1) is 45.3 Å². The Kier molecular flexibility index (Phi) is 42.9. The number of hydrogen-bond donors (Lipinski definition) is 0. The average molecular weight is 2670 g/mol. The molecule has 0 aliphatic carbocycles. The molecule has 0 spiro atoms. The Bertz CT molecular complexity index is 6930. The van der Waals surface area contributed by atoms with Gasteiger partial charge in [0.2, 0.25) is 0 Å². The van der Waals surface area contributed by atoms with Gasteiger partial charge in [0.1, 0.15) is 50.3 Å². The van der Waals surface area contributed by atoms with E-state index in [1.54, 1.807) is 11.6 Å². The van der Waals surface area contributed by atoms with E-state index in [-0.39, 0.29) is 0 Å². The number of rotatable bonds is 47. The third-order valence-corrected chi connectivity index (χ3v) is 77.2. The Morgan fingerprint density at radius 1 is 0.238 bits per heavy atom. The van der Waals surface area contributed by atoms with Crippen LogP contribution in [0, 0.1) is 20.8 Å². The van der Waals surface area contributed by atoms with Gasteiger partial charge in [-0.1, -0.05) is 255 Å². The number of unbranched alkanes of at least 4 members (excludes halogenated alkanes) is 27. The maximum absolute atomic E-state index is 7.06. The molecule has 11 heterocycles. The first-order chi connectivity index (χ1) is 69.0. The van der Waals surface area contributed by atoms with Crippen LogP contribution in [0.5, 0.6) is 17.2 Å². The van der Waals surface area contributed by atoms with Crippen LogP contribution in [0.2, 0.25) is 59.3 Å². The molecular weight excluding hydrogens is 2520 g/mol. The molecular formula is C117H146Br2N6O3S11Sn4. The summed E-state index contributed by atoms with van der Waals surface area (Å²) in [6.45, 7) is 15.5. The molecule has 0 atom stereocenters. The number of aromatic nitrogens is 6. The summed E-state index contributed by atoms with van der Waals surface area (Å²) >= 11 is 19.1. The van der Waals surface area contributed by atoms with E-state index >= 15 is 0 Å². The molecule has 18 rings (SSSR count). The first kappa shape index (κ1) is 113. The summed E-state index contributed by atoms with van der Waals surface area (Å²) < 4.78 is 63.1. The first-order valence-corrected chi connectivity index (χ1v) is 103. The summed E-state index contributed by atoms with van der Waals surface area (Å²) in [6, 6.07) is 59.2. The molecule has 0 aliphatic rings. The quantitative estimate of drug-likeness (QED) is 0.0272. The monoisotopic (exact) mass is 2670 g/mol. The van der Waals surface area contributed by atoms with Crippen molar-refractivity contribution in [1.82, 2.24) is 26.2 Å². The van der Waals surface area contributed by atoms with Crippen molar-refractivity contribution in [1.29, 1.82) is 0 Å². The SMILES string of the molecule is CCCCCCCCCCCCOc1c(C)c(-c2ccccc2)c2nsnc2c1-c1cc2cc3sc(-c4c(C)c(OCCCCCCCCCCCC)c(-c5ccc(-c6ccc(-c7ccccc7)s6)s5)c5nsnc45)cc3cc2s1.CCCCCCCCCCCCOc1c(C)c(Br)c2nsnc2c1Br.[CH3][Sn]([CH3])([CH3])[c]1cc2cc3s[c]([Sn]([CH3])([CH3])[CH3])cc3cc2s1.[CH3][Sn]([CH3])([CH3])[c]1ccc(-c2cc[c]([Sn]([CH3])([CH3])[CH3])s2)s1. The second-order valence-corrected chi connectivity index (χ2v) is 116. The fourth-order valence-electron chi connectivity index (χ4n) is 18.5. The molecule has 7 aromatic carbocycles. The summed E-state index contributed by atoms with van der Waals surface area (Å²) in [5.74, 6) is 2.76. The number of halogens is 2. The Balaban J connectivity index is 0.000000194. The maximum atomic E-state index is 7.06. The van der Waals surface area contributed by atoms with Crippen molar-refractivity contribution in [2.24, 2.45) is 0 Å². The van der Waals surface area contributed by atoms with Crippen molar-refractivity contribution in [2.45, 2.75) is 293 Å². The molecule has 0 bridgehead atoms. The second-order valence-electron chi connectivity index (χ2n) is 42.7. The van der Waals surface area contributed by atoms with Crippen molar-refractivity contribution in [3.8, 4) is 89.6 Å². The fraction of sp³-hybridized carbons (Fsp3) is 0.436. The van der Waals surface area contributed by atoms with Crippen molar-refractivity contribution < 1.29 is 14.2 Å². The Morgan fingerprint density at radius 2 is 0.531 bits per heavy atom. The van der Waals surface area contributed by atoms with Gasteiger partial charge >= 0.3 is 268 Å². The van der Waals surface area contributed by atoms with E-state index in [9.17, 15) is 0 Å². The number of nitrogens with zero attached hydrogens (tertiary/aromatic N) is 6. The van der Waals surface area contributed by atoms with Crippen LogP contribution >= 0.6 is 158 Å². The van der Waals surface area contributed by atoms with Crippen LogP contribution in [0.25, 0.3) is 146 Å². The Labute approximate surface area is 930 Å². The van der Waals surface area contributed by atoms with Gasteiger partial charge in [-0.3, -0.25) is 0 Å². The molecule has 26 heteroatoms. The van der Waals surface area contributed by atoms with E-state index in [0.717, 1.165) is 139 Å². The molecule has 0 saturated carbocycles. The zero-order valence-corrected chi connectivity index (χ0v) is 111. The van der Waals surface area contributed by atoms with E-state index in [1.165, 1.54) is 284 Å². The zero-order valence-electron chi connectivity index (χ0n) is 87.5. The standard InChI is InChI=1S/C68H74N4O2S6.C19H28Br2N2OS.C10H4S2.C8H4S2.12CH3.4Sn/c1-5-7-9-11-13-15-17-19-21-29-39-73-67-45(3)59(48-33-27-24-28-34-48)63-66(72-79-69-63)62(67)58-44-50-42-55-49(41-56(50)78-58)43-57(77-55)60-46(4)68(74-40-30-22-20-18-16-14-12-10-8-6-2)61(65-64(60)70-80-71-65)54-38-37-53(76-54)52-36-35-51(75-52)47-31-25-23-26-32-47;1-3-4-5-6-7-8-9-10-11-12-13-24-19-14(2)15(20)17-18(16(19)21)23-25-22-17;1-3-11-9-6-8-2-4-12-10(8)5-7(1)9;1-3-7(9-5-1)8-4-2-6-10-8;;;;;;;;;;;;;;;;/h23-28,31-38,41-44H,5-22,29-30,39-40H2,1-4H3;3-13H2,1-2H3;1-2,5-6H;1-4H;12*1H3;;;;. The average Bonchev–Trinajstić information content (AvgIpc) is 1.60. The number of thiophene rings is 8. The topological polar surface area (TPSA) is 105 Å². The second kappa shape index (κ2) is 54.1. The summed E-state index contributed by atoms with van der Waals surface area (Å²) in [7, 11) is 0. The van der Waals surface area contributed by atoms with Gasteiger partial charge in [0, 0.05) is 66.5 Å². The van der Waals surface area contributed by atoms with Crippen LogP contribution in [0.1, 0.15) is 230 Å². The minimum atomic E-state index is -1.91. The summed E-state index contributed by atoms with van der Waals surface area (Å²) in [5.41, 5.74) is 15.6. The van der Waals surface area contributed by atoms with Gasteiger partial charge < -0.3 is 14.2 Å². The molecule has 758 valence electrons. The van der Waals surface area contributed by atoms with E-state index in [4.69, 9.17) is 31.7 Å². The van der Waals surface area contributed by atoms with Gasteiger partial charge in [-0.2, -0.15) is 26.2 Å². The van der Waals surface area contributed by atoms with Gasteiger partial charge in [-0.05, 0) is 142 Å². The van der Waals surface area contributed by atoms with Crippen molar-refractivity contribution >= 4 is 316 Å². The van der Waals surface area contributed by atoms with Crippen LogP contribution in [0.15, 0.2) is 167 Å². The molecule has 11 aromatic heterocycles. The van der Waals surface area contributed by atoms with E-state index in [0.29, 0.717) is 13.2 Å². The number of fused-ring (bicyclic) bond motifs is 7. The molecule has 0 radical (unpaired) electrons. The van der Waals surface area contributed by atoms with Gasteiger partial charge in [0.25, 0.3) is 0 Å².